The van der Waals surface area contributed by atoms with Crippen molar-refractivity contribution in [2.24, 2.45) is 0 Å². The van der Waals surface area contributed by atoms with Gasteiger partial charge in [-0.25, -0.2) is 4.98 Å². The molecule has 0 saturated heterocycles. The molecular formula is C20H19N5O2. The smallest absolute Gasteiger partial charge is 0.253 e. The van der Waals surface area contributed by atoms with Gasteiger partial charge in [-0.3, -0.25) is 14.6 Å². The third kappa shape index (κ3) is 5.37. The van der Waals surface area contributed by atoms with Crippen LogP contribution in [0.2, 0.25) is 0 Å². The Morgan fingerprint density at radius 3 is 2.56 bits per heavy atom. The SMILES string of the molecule is CC(=O)Nc1cccc(Nc2ccc(C(=O)NCc3cccnc3)cn2)c1. The highest BCUT2D eigenvalue weighted by Gasteiger charge is 2.06. The van der Waals surface area contributed by atoms with Crippen molar-refractivity contribution in [1.82, 2.24) is 15.3 Å². The number of hydrogen-bond acceptors (Lipinski definition) is 5. The molecule has 0 saturated carbocycles. The molecule has 0 radical (unpaired) electrons. The molecule has 3 rings (SSSR count). The van der Waals surface area contributed by atoms with Crippen molar-refractivity contribution in [2.45, 2.75) is 13.5 Å². The van der Waals surface area contributed by atoms with Gasteiger partial charge in [-0.2, -0.15) is 0 Å². The minimum Gasteiger partial charge on any atom is -0.348 e. The van der Waals surface area contributed by atoms with Crippen LogP contribution in [0.25, 0.3) is 0 Å². The van der Waals surface area contributed by atoms with Crippen LogP contribution in [0.4, 0.5) is 17.2 Å². The highest BCUT2D eigenvalue weighted by atomic mass is 16.2. The van der Waals surface area contributed by atoms with E-state index in [1.807, 2.05) is 24.3 Å². The van der Waals surface area contributed by atoms with Gasteiger partial charge in [-0.05, 0) is 42.0 Å². The Morgan fingerprint density at radius 1 is 1.00 bits per heavy atom. The number of carbonyl (C=O) groups is 2. The Balaban J connectivity index is 1.60. The minimum absolute atomic E-state index is 0.132. The fourth-order valence-corrected chi connectivity index (χ4v) is 2.42. The van der Waals surface area contributed by atoms with Crippen molar-refractivity contribution in [2.75, 3.05) is 10.6 Å². The standard InChI is InChI=1S/C20H19N5O2/c1-14(26)24-17-5-2-6-18(10-17)25-19-8-7-16(13-22-19)20(27)23-12-15-4-3-9-21-11-15/h2-11,13H,12H2,1H3,(H,22,25)(H,23,27)(H,24,26). The predicted molar refractivity (Wildman–Crippen MR) is 104 cm³/mol. The Bertz CT molecular complexity index is 927. The average molecular weight is 361 g/mol. The summed E-state index contributed by atoms with van der Waals surface area (Å²) in [5.41, 5.74) is 2.87. The zero-order valence-corrected chi connectivity index (χ0v) is 14.8. The van der Waals surface area contributed by atoms with Crippen LogP contribution in [0.5, 0.6) is 0 Å². The Kier molecular flexibility index (Phi) is 5.73. The van der Waals surface area contributed by atoms with Crippen LogP contribution in [-0.2, 0) is 11.3 Å². The molecule has 0 unspecified atom stereocenters. The largest absolute Gasteiger partial charge is 0.348 e. The third-order valence-electron chi connectivity index (χ3n) is 3.66. The van der Waals surface area contributed by atoms with E-state index in [9.17, 15) is 9.59 Å². The lowest BCUT2D eigenvalue weighted by Gasteiger charge is -2.09. The molecular weight excluding hydrogens is 342 g/mol. The molecule has 0 atom stereocenters. The van der Waals surface area contributed by atoms with E-state index in [1.165, 1.54) is 13.1 Å². The van der Waals surface area contributed by atoms with Crippen molar-refractivity contribution in [3.05, 3.63) is 78.2 Å². The summed E-state index contributed by atoms with van der Waals surface area (Å²) >= 11 is 0. The molecule has 0 bridgehead atoms. The molecule has 2 aromatic heterocycles. The lowest BCUT2D eigenvalue weighted by molar-refractivity contribution is -0.114. The van der Waals surface area contributed by atoms with Gasteiger partial charge >= 0.3 is 0 Å². The van der Waals surface area contributed by atoms with E-state index < -0.39 is 0 Å². The molecule has 7 nitrogen and oxygen atoms in total. The molecule has 0 spiro atoms. The maximum Gasteiger partial charge on any atom is 0.253 e. The molecule has 3 N–H and O–H groups in total. The number of carbonyl (C=O) groups excluding carboxylic acids is 2. The van der Waals surface area contributed by atoms with Crippen molar-refractivity contribution < 1.29 is 9.59 Å². The van der Waals surface area contributed by atoms with Crippen LogP contribution in [-0.4, -0.2) is 21.8 Å². The zero-order valence-electron chi connectivity index (χ0n) is 14.8. The van der Waals surface area contributed by atoms with Gasteiger partial charge in [0.1, 0.15) is 5.82 Å². The van der Waals surface area contributed by atoms with E-state index in [0.717, 1.165) is 11.3 Å². The number of hydrogen-bond donors (Lipinski definition) is 3. The fourth-order valence-electron chi connectivity index (χ4n) is 2.42. The number of nitrogens with zero attached hydrogens (tertiary/aromatic N) is 2. The zero-order chi connectivity index (χ0) is 19.1. The van der Waals surface area contributed by atoms with Gasteiger partial charge in [0.15, 0.2) is 0 Å². The van der Waals surface area contributed by atoms with Crippen molar-refractivity contribution >= 4 is 29.0 Å². The van der Waals surface area contributed by atoms with Gasteiger partial charge in [-0.15, -0.1) is 0 Å². The normalized spacial score (nSPS) is 10.1. The second-order valence-electron chi connectivity index (χ2n) is 5.86. The first kappa shape index (κ1) is 18.1. The number of benzene rings is 1. The first-order valence-electron chi connectivity index (χ1n) is 8.38. The summed E-state index contributed by atoms with van der Waals surface area (Å²) in [5.74, 6) is 0.260. The molecule has 3 aromatic rings. The van der Waals surface area contributed by atoms with Crippen LogP contribution < -0.4 is 16.0 Å². The Morgan fingerprint density at radius 2 is 1.85 bits per heavy atom. The molecule has 0 aliphatic carbocycles. The topological polar surface area (TPSA) is 96.0 Å². The van der Waals surface area contributed by atoms with Crippen LogP contribution in [0.1, 0.15) is 22.8 Å². The Labute approximate surface area is 156 Å². The number of pyridine rings is 2. The predicted octanol–water partition coefficient (Wildman–Crippen LogP) is 3.11. The second kappa shape index (κ2) is 8.57. The first-order chi connectivity index (χ1) is 13.1. The molecule has 7 heteroatoms. The van der Waals surface area contributed by atoms with E-state index >= 15 is 0 Å². The highest BCUT2D eigenvalue weighted by molar-refractivity contribution is 5.94. The summed E-state index contributed by atoms with van der Waals surface area (Å²) in [6.07, 6.45) is 4.91. The monoisotopic (exact) mass is 361 g/mol. The molecule has 2 heterocycles. The van der Waals surface area contributed by atoms with Gasteiger partial charge in [0.2, 0.25) is 5.91 Å². The lowest BCUT2D eigenvalue weighted by Crippen LogP contribution is -2.22. The summed E-state index contributed by atoms with van der Waals surface area (Å²) in [6, 6.07) is 14.4. The van der Waals surface area contributed by atoms with E-state index in [2.05, 4.69) is 25.9 Å². The number of amides is 2. The highest BCUT2D eigenvalue weighted by Crippen LogP contribution is 2.19. The second-order valence-corrected chi connectivity index (χ2v) is 5.86. The fraction of sp³-hybridized carbons (Fsp3) is 0.100. The summed E-state index contributed by atoms with van der Waals surface area (Å²) < 4.78 is 0. The molecule has 1 aromatic carbocycles. The molecule has 0 aliphatic rings. The van der Waals surface area contributed by atoms with E-state index in [1.54, 1.807) is 36.7 Å². The average Bonchev–Trinajstić information content (AvgIpc) is 2.67. The lowest BCUT2D eigenvalue weighted by atomic mass is 10.2. The minimum atomic E-state index is -0.203. The van der Waals surface area contributed by atoms with Crippen LogP contribution in [0, 0.1) is 0 Å². The Hall–Kier alpha value is -3.74. The van der Waals surface area contributed by atoms with Crippen LogP contribution >= 0.6 is 0 Å². The molecule has 0 aliphatic heterocycles. The van der Waals surface area contributed by atoms with E-state index in [-0.39, 0.29) is 11.8 Å². The summed E-state index contributed by atoms with van der Waals surface area (Å²) in [6.45, 7) is 1.86. The molecule has 27 heavy (non-hydrogen) atoms. The van der Waals surface area contributed by atoms with Crippen LogP contribution in [0.15, 0.2) is 67.1 Å². The third-order valence-corrected chi connectivity index (χ3v) is 3.66. The summed E-state index contributed by atoms with van der Waals surface area (Å²) in [7, 11) is 0. The van der Waals surface area contributed by atoms with Gasteiger partial charge in [0.05, 0.1) is 5.56 Å². The molecule has 136 valence electrons. The number of nitrogens with one attached hydrogen (secondary N) is 3. The number of rotatable bonds is 6. The maximum atomic E-state index is 12.2. The number of anilines is 3. The first-order valence-corrected chi connectivity index (χ1v) is 8.38. The van der Waals surface area contributed by atoms with Crippen molar-refractivity contribution in [1.29, 1.82) is 0 Å². The number of aromatic nitrogens is 2. The molecule has 2 amide bonds. The van der Waals surface area contributed by atoms with Gasteiger partial charge in [-0.1, -0.05) is 12.1 Å². The van der Waals surface area contributed by atoms with E-state index in [4.69, 9.17) is 0 Å². The molecule has 0 fully saturated rings. The van der Waals surface area contributed by atoms with Gasteiger partial charge in [0.25, 0.3) is 5.91 Å². The summed E-state index contributed by atoms with van der Waals surface area (Å²) in [4.78, 5) is 31.6. The van der Waals surface area contributed by atoms with Gasteiger partial charge < -0.3 is 16.0 Å². The van der Waals surface area contributed by atoms with E-state index in [0.29, 0.717) is 23.6 Å². The quantitative estimate of drug-likeness (QED) is 0.627. The van der Waals surface area contributed by atoms with Gasteiger partial charge in [0, 0.05) is 43.4 Å². The summed E-state index contributed by atoms with van der Waals surface area (Å²) in [5, 5.41) is 8.70. The van der Waals surface area contributed by atoms with Crippen molar-refractivity contribution in [3.8, 4) is 0 Å². The van der Waals surface area contributed by atoms with Crippen molar-refractivity contribution in [3.63, 3.8) is 0 Å². The van der Waals surface area contributed by atoms with Crippen LogP contribution in [0.3, 0.4) is 0 Å². The maximum absolute atomic E-state index is 12.2.